The largest absolute Gasteiger partial charge is 0.495 e. The highest BCUT2D eigenvalue weighted by Crippen LogP contribution is 2.37. The molecule has 7 heterocycles. The van der Waals surface area contributed by atoms with Crippen molar-refractivity contribution in [2.45, 2.75) is 112 Å². The van der Waals surface area contributed by atoms with Crippen molar-refractivity contribution in [1.29, 1.82) is 0 Å². The number of nitrogens with zero attached hydrogens (tertiary/aromatic N) is 10. The number of ether oxygens (including phenoxy) is 2. The number of imidazole rings is 2. The number of anilines is 2. The second-order valence-corrected chi connectivity index (χ2v) is 21.5. The maximum Gasteiger partial charge on any atom is 0.495 e. The number of aromatic nitrogens is 8. The van der Waals surface area contributed by atoms with E-state index in [-0.39, 0.29) is 25.7 Å². The molecule has 394 valence electrons. The van der Waals surface area contributed by atoms with Crippen LogP contribution in [0.4, 0.5) is 11.6 Å². The van der Waals surface area contributed by atoms with Crippen molar-refractivity contribution >= 4 is 69.1 Å². The minimum absolute atomic E-state index is 0. The van der Waals surface area contributed by atoms with Crippen LogP contribution in [0.3, 0.4) is 0 Å². The zero-order valence-corrected chi connectivity index (χ0v) is 46.1. The molecule has 4 aromatic heterocycles. The molecule has 75 heavy (non-hydrogen) atoms. The number of benzene rings is 4. The van der Waals surface area contributed by atoms with Gasteiger partial charge in [0.05, 0.1) is 38.5 Å². The van der Waals surface area contributed by atoms with Crippen LogP contribution < -0.4 is 26.4 Å². The summed E-state index contributed by atoms with van der Waals surface area (Å²) in [6.07, 6.45) is 5.23. The Morgan fingerprint density at radius 1 is 0.573 bits per heavy atom. The number of methoxy groups -OCH3 is 2. The molecule has 18 heteroatoms. The monoisotopic (exact) mass is 1130 g/mol. The standard InChI is InChI=1S/C25H28N6O.C17H26BNO2.C14H14IN5O.CH4/c1-17-27-23(26)22-24(28-17)31(25(29-22)32-2)15-18-8-7-10-19(14-18)21-11-4-3-9-20(21)16-30-12-5-6-13-30;1-16(2)17(3,4)21-18(20-16)15-10-6-5-9-14(15)13-19-11-7-8-12-19;1-8-17-12(16)11-13(18-8)20(14(19-11)21-2)7-9-4-3-5-10(15)6-9;/h3-4,7-11,14H,5-6,12-13,15-16H2,1-2H3,(H2,26,27,28);5-6,9-10H,7-8,11-13H2,1-4H3;3-6H,7H2,1-2H3,(H2,16,17,18);1H4. The highest BCUT2D eigenvalue weighted by atomic mass is 127. The normalized spacial score (nSPS) is 16.1. The molecule has 0 aliphatic carbocycles. The quantitative estimate of drug-likeness (QED) is 0.0871. The van der Waals surface area contributed by atoms with Gasteiger partial charge in [-0.1, -0.05) is 86.3 Å². The average molecular weight is 1130 g/mol. The van der Waals surface area contributed by atoms with E-state index < -0.39 is 0 Å². The van der Waals surface area contributed by atoms with Gasteiger partial charge >= 0.3 is 7.12 Å². The Morgan fingerprint density at radius 2 is 1.04 bits per heavy atom. The third-order valence-corrected chi connectivity index (χ3v) is 15.0. The van der Waals surface area contributed by atoms with Crippen LogP contribution in [0.5, 0.6) is 12.0 Å². The van der Waals surface area contributed by atoms with Crippen LogP contribution in [0.25, 0.3) is 33.5 Å². The average Bonchev–Trinajstić information content (AvgIpc) is 4.24. The maximum atomic E-state index is 6.21. The van der Waals surface area contributed by atoms with E-state index in [0.29, 0.717) is 70.7 Å². The summed E-state index contributed by atoms with van der Waals surface area (Å²) in [5, 5.41) is 0. The molecule has 0 atom stereocenters. The highest BCUT2D eigenvalue weighted by Gasteiger charge is 2.52. The van der Waals surface area contributed by atoms with Crippen LogP contribution in [0.2, 0.25) is 0 Å². The van der Waals surface area contributed by atoms with Gasteiger partial charge in [-0.3, -0.25) is 18.9 Å². The Bertz CT molecular complexity index is 3220. The molecule has 16 nitrogen and oxygen atoms in total. The fourth-order valence-corrected chi connectivity index (χ4v) is 10.5. The second-order valence-electron chi connectivity index (χ2n) is 20.3. The minimum Gasteiger partial charge on any atom is -0.468 e. The molecule has 0 bridgehead atoms. The van der Waals surface area contributed by atoms with E-state index >= 15 is 0 Å². The van der Waals surface area contributed by atoms with E-state index in [1.807, 2.05) is 29.0 Å². The summed E-state index contributed by atoms with van der Waals surface area (Å²) < 4.78 is 28.4. The van der Waals surface area contributed by atoms with Crippen molar-refractivity contribution in [2.24, 2.45) is 0 Å². The number of nitrogens with two attached hydrogens (primary N) is 2. The van der Waals surface area contributed by atoms with Crippen molar-refractivity contribution in [3.05, 3.63) is 135 Å². The first kappa shape index (κ1) is 55.1. The number of nitrogen functional groups attached to an aromatic ring is 2. The van der Waals surface area contributed by atoms with E-state index in [4.69, 9.17) is 30.2 Å². The van der Waals surface area contributed by atoms with Crippen molar-refractivity contribution in [1.82, 2.24) is 48.8 Å². The molecule has 3 fully saturated rings. The Kier molecular flexibility index (Phi) is 17.5. The Hall–Kier alpha value is -6.19. The lowest BCUT2D eigenvalue weighted by Gasteiger charge is -2.32. The number of halogens is 1. The van der Waals surface area contributed by atoms with Crippen molar-refractivity contribution in [3.8, 4) is 23.1 Å². The number of hydrogen-bond acceptors (Lipinski definition) is 14. The zero-order chi connectivity index (χ0) is 52.1. The molecule has 0 amide bonds. The van der Waals surface area contributed by atoms with Gasteiger partial charge in [0.2, 0.25) is 0 Å². The predicted octanol–water partition coefficient (Wildman–Crippen LogP) is 9.63. The highest BCUT2D eigenvalue weighted by molar-refractivity contribution is 14.1. The van der Waals surface area contributed by atoms with Gasteiger partial charge in [0.1, 0.15) is 11.6 Å². The van der Waals surface area contributed by atoms with E-state index in [1.54, 1.807) is 14.2 Å². The van der Waals surface area contributed by atoms with Gasteiger partial charge in [-0.25, -0.2) is 19.9 Å². The maximum absolute atomic E-state index is 6.21. The Morgan fingerprint density at radius 3 is 1.56 bits per heavy atom. The molecule has 3 aliphatic heterocycles. The molecule has 0 radical (unpaired) electrons. The van der Waals surface area contributed by atoms with Crippen molar-refractivity contribution in [3.63, 3.8) is 0 Å². The first-order valence-electron chi connectivity index (χ1n) is 25.5. The van der Waals surface area contributed by atoms with Crippen LogP contribution >= 0.6 is 22.6 Å². The molecule has 3 aliphatic rings. The lowest BCUT2D eigenvalue weighted by atomic mass is 9.76. The lowest BCUT2D eigenvalue weighted by molar-refractivity contribution is 0.00578. The van der Waals surface area contributed by atoms with Crippen LogP contribution in [0.15, 0.2) is 97.1 Å². The van der Waals surface area contributed by atoms with Gasteiger partial charge < -0.3 is 30.2 Å². The third-order valence-electron chi connectivity index (χ3n) is 14.3. The van der Waals surface area contributed by atoms with Gasteiger partial charge in [-0.15, -0.1) is 0 Å². The summed E-state index contributed by atoms with van der Waals surface area (Å²) in [7, 11) is 2.94. The summed E-state index contributed by atoms with van der Waals surface area (Å²) in [6.45, 7) is 20.1. The van der Waals surface area contributed by atoms with E-state index in [9.17, 15) is 0 Å². The predicted molar refractivity (Wildman–Crippen MR) is 309 cm³/mol. The third kappa shape index (κ3) is 12.6. The summed E-state index contributed by atoms with van der Waals surface area (Å²) in [4.78, 5) is 31.4. The van der Waals surface area contributed by atoms with E-state index in [0.717, 1.165) is 24.2 Å². The molecular weight excluding hydrogens is 1050 g/mol. The zero-order valence-electron chi connectivity index (χ0n) is 43.9. The van der Waals surface area contributed by atoms with Gasteiger partial charge in [0.25, 0.3) is 12.0 Å². The smallest absolute Gasteiger partial charge is 0.468 e. The molecule has 8 aromatic rings. The number of rotatable bonds is 12. The van der Waals surface area contributed by atoms with Gasteiger partial charge in [0, 0.05) is 16.7 Å². The summed E-state index contributed by atoms with van der Waals surface area (Å²) in [5.74, 6) is 1.97. The van der Waals surface area contributed by atoms with Crippen LogP contribution in [0.1, 0.15) is 94.7 Å². The Balaban J connectivity index is 0.000000154. The Labute approximate surface area is 455 Å². The number of likely N-dealkylation sites (tertiary alicyclic amines) is 2. The summed E-state index contributed by atoms with van der Waals surface area (Å²) in [5.41, 5.74) is 22.6. The fraction of sp³-hybridized carbons (Fsp3) is 0.404. The van der Waals surface area contributed by atoms with Crippen molar-refractivity contribution in [2.75, 3.05) is 51.9 Å². The van der Waals surface area contributed by atoms with Crippen LogP contribution in [-0.2, 0) is 35.5 Å². The SMILES string of the molecule is C.CC1(C)OB(c2ccccc2CN2CCCC2)OC1(C)C.COc1nc2c(N)nc(C)nc2n1Cc1cccc(-c2ccccc2CN2CCCC2)c1.COc1nc2c(N)nc(C)nc2n1Cc1cccc(I)c1. The topological polar surface area (TPSA) is 183 Å². The van der Waals surface area contributed by atoms with Crippen LogP contribution in [-0.4, -0.2) is 108 Å². The number of aryl methyl sites for hydroxylation is 2. The molecule has 3 saturated heterocycles. The van der Waals surface area contributed by atoms with Crippen LogP contribution in [0, 0.1) is 17.4 Å². The number of hydrogen-bond donors (Lipinski definition) is 2. The first-order chi connectivity index (χ1) is 35.6. The minimum atomic E-state index is -0.279. The molecular formula is C57H72BIN12O4. The number of fused-ring (bicyclic) bond motifs is 2. The molecule has 0 spiro atoms. The second kappa shape index (κ2) is 23.8. The summed E-state index contributed by atoms with van der Waals surface area (Å²) >= 11 is 2.29. The van der Waals surface area contributed by atoms with Gasteiger partial charge in [-0.05, 0) is 173 Å². The van der Waals surface area contributed by atoms with Gasteiger partial charge in [0.15, 0.2) is 34.0 Å². The lowest BCUT2D eigenvalue weighted by Crippen LogP contribution is -2.41. The van der Waals surface area contributed by atoms with E-state index in [2.05, 4.69) is 181 Å². The van der Waals surface area contributed by atoms with E-state index in [1.165, 1.54) is 83.1 Å². The first-order valence-corrected chi connectivity index (χ1v) is 26.6. The molecule has 4 N–H and O–H groups in total. The van der Waals surface area contributed by atoms with Crippen molar-refractivity contribution < 1.29 is 18.8 Å². The fourth-order valence-electron chi connectivity index (χ4n) is 9.85. The summed E-state index contributed by atoms with van der Waals surface area (Å²) in [6, 6.07) is 35.1. The molecule has 11 rings (SSSR count). The van der Waals surface area contributed by atoms with Gasteiger partial charge in [-0.2, -0.15) is 9.97 Å². The molecule has 0 saturated carbocycles. The molecule has 0 unspecified atom stereocenters. The molecule has 4 aromatic carbocycles.